The lowest BCUT2D eigenvalue weighted by atomic mass is 9.85. The van der Waals surface area contributed by atoms with Crippen LogP contribution in [0.5, 0.6) is 0 Å². The van der Waals surface area contributed by atoms with Gasteiger partial charge in [0.25, 0.3) is 0 Å². The maximum Gasteiger partial charge on any atom is 0.115 e. The number of para-hydroxylation sites is 1. The molecule has 0 fully saturated rings. The molecule has 0 N–H and O–H groups in total. The van der Waals surface area contributed by atoms with Crippen molar-refractivity contribution in [2.24, 2.45) is 0 Å². The monoisotopic (exact) mass is 787 g/mol. The van der Waals surface area contributed by atoms with Gasteiger partial charge in [0.1, 0.15) is 11.0 Å². The van der Waals surface area contributed by atoms with Gasteiger partial charge in [0.15, 0.2) is 0 Å². The van der Waals surface area contributed by atoms with Gasteiger partial charge >= 0.3 is 0 Å². The molecule has 0 bridgehead atoms. The molecule has 0 radical (unpaired) electrons. The van der Waals surface area contributed by atoms with Gasteiger partial charge in [-0.15, -0.1) is 11.3 Å². The van der Waals surface area contributed by atoms with Gasteiger partial charge in [-0.25, -0.2) is 0 Å². The van der Waals surface area contributed by atoms with Crippen LogP contribution in [-0.2, 0) is 6.42 Å². The number of nitrogens with zero attached hydrogens (tertiary/aromatic N) is 3. The quantitative estimate of drug-likeness (QED) is 0.174. The molecule has 0 saturated carbocycles. The molecule has 3 aromatic heterocycles. The first-order valence-electron chi connectivity index (χ1n) is 20.2. The first-order chi connectivity index (χ1) is 29.3. The van der Waals surface area contributed by atoms with Gasteiger partial charge in [0.05, 0.1) is 22.8 Å². The molecular weight excluding hydrogens is 755 g/mol. The average molecular weight is 788 g/mol. The molecule has 9 aromatic carbocycles. The zero-order valence-electron chi connectivity index (χ0n) is 31.8. The molecule has 1 unspecified atom stereocenters. The highest BCUT2D eigenvalue weighted by Crippen LogP contribution is 2.52. The van der Waals surface area contributed by atoms with Crippen molar-refractivity contribution < 1.29 is 0 Å². The SMILES string of the molecule is c1ccc2c(c1)-c1cccc(-c3cc4c(c5ccccc5n4-c4ccc(-c5ccc6ccccc6c5)cc4)c4nsnc34)c1C2Cc1cccc2c1sc1ccccc12. The number of aromatic nitrogens is 3. The molecule has 59 heavy (non-hydrogen) atoms. The Hall–Kier alpha value is -6.92. The zero-order valence-corrected chi connectivity index (χ0v) is 33.4. The van der Waals surface area contributed by atoms with E-state index in [4.69, 9.17) is 8.75 Å². The van der Waals surface area contributed by atoms with Crippen molar-refractivity contribution in [1.29, 1.82) is 0 Å². The lowest BCUT2D eigenvalue weighted by Crippen LogP contribution is -2.04. The lowest BCUT2D eigenvalue weighted by molar-refractivity contribution is 0.835. The molecule has 3 nitrogen and oxygen atoms in total. The Bertz CT molecular complexity index is 3660. The summed E-state index contributed by atoms with van der Waals surface area (Å²) in [6.07, 6.45) is 0.912. The predicted octanol–water partition coefficient (Wildman–Crippen LogP) is 15.0. The Morgan fingerprint density at radius 3 is 2.10 bits per heavy atom. The minimum absolute atomic E-state index is 0.180. The third kappa shape index (κ3) is 4.92. The van der Waals surface area contributed by atoms with E-state index in [-0.39, 0.29) is 5.92 Å². The van der Waals surface area contributed by atoms with Crippen molar-refractivity contribution in [3.63, 3.8) is 0 Å². The van der Waals surface area contributed by atoms with E-state index in [0.29, 0.717) is 0 Å². The van der Waals surface area contributed by atoms with Crippen LogP contribution in [0.25, 0.3) is 103 Å². The Kier molecular flexibility index (Phi) is 7.17. The van der Waals surface area contributed by atoms with Crippen molar-refractivity contribution in [3.05, 3.63) is 199 Å². The van der Waals surface area contributed by atoms with Gasteiger partial charge in [-0.2, -0.15) is 8.75 Å². The second kappa shape index (κ2) is 12.8. The van der Waals surface area contributed by atoms with E-state index < -0.39 is 0 Å². The number of hydrogen-bond acceptors (Lipinski definition) is 4. The number of thiophene rings is 1. The molecule has 1 atom stereocenters. The molecule has 0 spiro atoms. The number of rotatable bonds is 5. The van der Waals surface area contributed by atoms with E-state index in [1.165, 1.54) is 92.6 Å². The van der Waals surface area contributed by atoms with Gasteiger partial charge in [0, 0.05) is 48.1 Å². The van der Waals surface area contributed by atoms with E-state index in [2.05, 4.69) is 187 Å². The second-order valence-electron chi connectivity index (χ2n) is 15.7. The first kappa shape index (κ1) is 33.1. The fourth-order valence-corrected chi connectivity index (χ4v) is 11.8. The van der Waals surface area contributed by atoms with Crippen molar-refractivity contribution in [2.75, 3.05) is 0 Å². The van der Waals surface area contributed by atoms with Crippen LogP contribution in [0.4, 0.5) is 0 Å². The molecule has 12 aromatic rings. The highest BCUT2D eigenvalue weighted by molar-refractivity contribution is 7.26. The van der Waals surface area contributed by atoms with Crippen LogP contribution in [-0.4, -0.2) is 13.3 Å². The summed E-state index contributed by atoms with van der Waals surface area (Å²) in [5, 5.41) is 7.53. The van der Waals surface area contributed by atoms with Gasteiger partial charge < -0.3 is 4.57 Å². The fraction of sp³-hybridized carbons (Fsp3) is 0.0370. The standard InChI is InChI=1S/C54H33N3S2/c1-2-12-34-29-35(24-23-32(34)11-1)33-25-27-37(28-26-33)57-47-21-7-5-17-44(47)51-48(57)31-46(52-53(51)56-59-55-52)42-19-10-18-41-38-14-3-4-15-39(38)45(50(41)42)30-36-13-9-20-43-40-16-6-8-22-49(40)58-54(36)43/h1-29,31,45H,30H2. The maximum atomic E-state index is 5.07. The Labute approximate surface area is 348 Å². The van der Waals surface area contributed by atoms with Crippen LogP contribution in [0, 0.1) is 0 Å². The van der Waals surface area contributed by atoms with Crippen molar-refractivity contribution in [3.8, 4) is 39.1 Å². The second-order valence-corrected chi connectivity index (χ2v) is 17.3. The van der Waals surface area contributed by atoms with Gasteiger partial charge in [-0.3, -0.25) is 0 Å². The van der Waals surface area contributed by atoms with E-state index in [1.54, 1.807) is 0 Å². The van der Waals surface area contributed by atoms with E-state index in [1.807, 2.05) is 11.3 Å². The Balaban J connectivity index is 1.01. The van der Waals surface area contributed by atoms with Crippen molar-refractivity contribution in [2.45, 2.75) is 12.3 Å². The summed E-state index contributed by atoms with van der Waals surface area (Å²) >= 11 is 3.23. The molecule has 1 aliphatic rings. The topological polar surface area (TPSA) is 30.7 Å². The summed E-state index contributed by atoms with van der Waals surface area (Å²) < 4.78 is 15.3. The fourth-order valence-electron chi connectivity index (χ4n) is 10.0. The molecular formula is C54H33N3S2. The van der Waals surface area contributed by atoms with Crippen LogP contribution in [0.15, 0.2) is 182 Å². The largest absolute Gasteiger partial charge is 0.309 e. The molecule has 0 aliphatic heterocycles. The highest BCUT2D eigenvalue weighted by Gasteiger charge is 2.33. The van der Waals surface area contributed by atoms with Crippen LogP contribution < -0.4 is 0 Å². The molecule has 3 heterocycles. The molecule has 13 rings (SSSR count). The maximum absolute atomic E-state index is 5.07. The summed E-state index contributed by atoms with van der Waals surface area (Å²) in [7, 11) is 0. The lowest BCUT2D eigenvalue weighted by Gasteiger charge is -2.19. The molecule has 1 aliphatic carbocycles. The molecule has 5 heteroatoms. The minimum atomic E-state index is 0.180. The third-order valence-electron chi connectivity index (χ3n) is 12.7. The summed E-state index contributed by atoms with van der Waals surface area (Å²) in [6, 6.07) is 67.1. The van der Waals surface area contributed by atoms with Gasteiger partial charge in [0.2, 0.25) is 0 Å². The number of fused-ring (bicyclic) bond motifs is 12. The molecule has 0 saturated heterocycles. The smallest absolute Gasteiger partial charge is 0.115 e. The van der Waals surface area contributed by atoms with Crippen LogP contribution in [0.1, 0.15) is 22.6 Å². The van der Waals surface area contributed by atoms with E-state index >= 15 is 0 Å². The zero-order chi connectivity index (χ0) is 38.6. The number of hydrogen-bond donors (Lipinski definition) is 0. The van der Waals surface area contributed by atoms with E-state index in [9.17, 15) is 0 Å². The average Bonchev–Trinajstić information content (AvgIpc) is 4.08. The van der Waals surface area contributed by atoms with Crippen LogP contribution >= 0.6 is 23.1 Å². The Morgan fingerprint density at radius 2 is 1.19 bits per heavy atom. The van der Waals surface area contributed by atoms with Crippen LogP contribution in [0.3, 0.4) is 0 Å². The summed E-state index contributed by atoms with van der Waals surface area (Å²) in [6.45, 7) is 0. The summed E-state index contributed by atoms with van der Waals surface area (Å²) in [5.74, 6) is 0.180. The van der Waals surface area contributed by atoms with Crippen molar-refractivity contribution in [1.82, 2.24) is 13.3 Å². The molecule has 276 valence electrons. The summed E-state index contributed by atoms with van der Waals surface area (Å²) in [5.41, 5.74) is 16.9. The van der Waals surface area contributed by atoms with E-state index in [0.717, 1.165) is 45.1 Å². The van der Waals surface area contributed by atoms with Crippen molar-refractivity contribution >= 4 is 86.8 Å². The normalized spacial score (nSPS) is 13.7. The third-order valence-corrected chi connectivity index (χ3v) is 14.5. The molecule has 0 amide bonds. The minimum Gasteiger partial charge on any atom is -0.309 e. The highest BCUT2D eigenvalue weighted by atomic mass is 32.1. The summed E-state index contributed by atoms with van der Waals surface area (Å²) in [4.78, 5) is 0. The van der Waals surface area contributed by atoms with Gasteiger partial charge in [-0.1, -0.05) is 146 Å². The predicted molar refractivity (Wildman–Crippen MR) is 250 cm³/mol. The first-order valence-corrected chi connectivity index (χ1v) is 21.7. The Morgan fingerprint density at radius 1 is 0.492 bits per heavy atom. The van der Waals surface area contributed by atoms with Gasteiger partial charge in [-0.05, 0) is 98.1 Å². The number of benzene rings is 9. The van der Waals surface area contributed by atoms with Crippen LogP contribution in [0.2, 0.25) is 0 Å².